The molecule has 0 aromatic heterocycles. The van der Waals surface area contributed by atoms with Gasteiger partial charge in [-0.2, -0.15) is 0 Å². The number of hydrogen-bond donors (Lipinski definition) is 2. The van der Waals surface area contributed by atoms with Gasteiger partial charge in [-0.3, -0.25) is 0 Å². The number of aliphatic hydroxyl groups is 1. The first-order valence-corrected chi connectivity index (χ1v) is 9.42. The number of amides is 2. The van der Waals surface area contributed by atoms with Crippen molar-refractivity contribution in [3.63, 3.8) is 0 Å². The molecule has 0 radical (unpaired) electrons. The highest BCUT2D eigenvalue weighted by Gasteiger charge is 2.27. The molecule has 5 nitrogen and oxygen atoms in total. The second kappa shape index (κ2) is 9.66. The highest BCUT2D eigenvalue weighted by molar-refractivity contribution is 5.74. The number of urea groups is 1. The maximum atomic E-state index is 12.7. The van der Waals surface area contributed by atoms with Crippen LogP contribution in [0.15, 0.2) is 24.3 Å². The molecule has 2 N–H and O–H groups in total. The fourth-order valence-corrected chi connectivity index (χ4v) is 3.40. The van der Waals surface area contributed by atoms with E-state index in [2.05, 4.69) is 12.2 Å². The zero-order valence-electron chi connectivity index (χ0n) is 15.7. The minimum Gasteiger partial charge on any atom is -0.497 e. The largest absolute Gasteiger partial charge is 0.497 e. The standard InChI is InChI=1S/C20H32N2O3/c1-4-5-8-19(16-9-11-18(25-3)12-10-16)21-20(24)22-13-6-7-17(14-22)15(2)23/h9-12,15,17,19,23H,4-8,13-14H2,1-3H3,(H,21,24). The van der Waals surface area contributed by atoms with Gasteiger partial charge in [0, 0.05) is 19.0 Å². The number of likely N-dealkylation sites (tertiary alicyclic amines) is 1. The number of aliphatic hydroxyl groups excluding tert-OH is 1. The quantitative estimate of drug-likeness (QED) is 0.789. The van der Waals surface area contributed by atoms with E-state index in [4.69, 9.17) is 4.74 Å². The predicted molar refractivity (Wildman–Crippen MR) is 99.8 cm³/mol. The molecule has 1 fully saturated rings. The van der Waals surface area contributed by atoms with Crippen molar-refractivity contribution < 1.29 is 14.6 Å². The molecule has 1 aliphatic heterocycles. The van der Waals surface area contributed by atoms with Gasteiger partial charge in [-0.15, -0.1) is 0 Å². The summed E-state index contributed by atoms with van der Waals surface area (Å²) < 4.78 is 5.22. The van der Waals surface area contributed by atoms with Crippen LogP contribution < -0.4 is 10.1 Å². The van der Waals surface area contributed by atoms with Crippen molar-refractivity contribution in [3.8, 4) is 5.75 Å². The van der Waals surface area contributed by atoms with Crippen molar-refractivity contribution in [2.24, 2.45) is 5.92 Å². The molecule has 1 aromatic carbocycles. The smallest absolute Gasteiger partial charge is 0.317 e. The summed E-state index contributed by atoms with van der Waals surface area (Å²) in [5.41, 5.74) is 1.10. The fourth-order valence-electron chi connectivity index (χ4n) is 3.40. The third-order valence-corrected chi connectivity index (χ3v) is 5.09. The molecule has 25 heavy (non-hydrogen) atoms. The number of hydrogen-bond acceptors (Lipinski definition) is 3. The summed E-state index contributed by atoms with van der Waals surface area (Å²) in [6.07, 6.45) is 4.64. The summed E-state index contributed by atoms with van der Waals surface area (Å²) in [6.45, 7) is 5.36. The second-order valence-electron chi connectivity index (χ2n) is 7.01. The second-order valence-corrected chi connectivity index (χ2v) is 7.01. The summed E-state index contributed by atoms with van der Waals surface area (Å²) in [7, 11) is 1.65. The Morgan fingerprint density at radius 1 is 1.40 bits per heavy atom. The average Bonchev–Trinajstić information content (AvgIpc) is 2.65. The third kappa shape index (κ3) is 5.63. The van der Waals surface area contributed by atoms with Gasteiger partial charge in [0.1, 0.15) is 5.75 Å². The molecule has 1 aliphatic rings. The minimum absolute atomic E-state index is 0.00489. The number of nitrogens with zero attached hydrogens (tertiary/aromatic N) is 1. The van der Waals surface area contributed by atoms with Gasteiger partial charge in [0.15, 0.2) is 0 Å². The van der Waals surface area contributed by atoms with Gasteiger partial charge in [0.2, 0.25) is 0 Å². The summed E-state index contributed by atoms with van der Waals surface area (Å²) in [6, 6.07) is 7.89. The van der Waals surface area contributed by atoms with Crippen molar-refractivity contribution >= 4 is 6.03 Å². The average molecular weight is 348 g/mol. The normalized spacial score (nSPS) is 20.0. The number of methoxy groups -OCH3 is 1. The van der Waals surface area contributed by atoms with Crippen molar-refractivity contribution in [2.75, 3.05) is 20.2 Å². The van der Waals surface area contributed by atoms with Crippen LogP contribution in [-0.2, 0) is 0 Å². The number of unbranched alkanes of at least 4 members (excludes halogenated alkanes) is 1. The van der Waals surface area contributed by atoms with Crippen molar-refractivity contribution in [1.29, 1.82) is 0 Å². The molecule has 2 amide bonds. The van der Waals surface area contributed by atoms with Gasteiger partial charge in [0.05, 0.1) is 19.3 Å². The maximum Gasteiger partial charge on any atom is 0.317 e. The van der Waals surface area contributed by atoms with E-state index in [1.165, 1.54) is 0 Å². The lowest BCUT2D eigenvalue weighted by atomic mass is 9.93. The predicted octanol–water partition coefficient (Wildman–Crippen LogP) is 3.73. The first-order valence-electron chi connectivity index (χ1n) is 9.42. The molecule has 2 rings (SSSR count). The SMILES string of the molecule is CCCCC(NC(=O)N1CCCC(C(C)O)C1)c1ccc(OC)cc1. The van der Waals surface area contributed by atoms with Crippen LogP contribution in [-0.4, -0.2) is 42.3 Å². The topological polar surface area (TPSA) is 61.8 Å². The van der Waals surface area contributed by atoms with Crippen LogP contribution in [0.3, 0.4) is 0 Å². The Bertz CT molecular complexity index is 530. The fraction of sp³-hybridized carbons (Fsp3) is 0.650. The Labute approximate surface area is 151 Å². The van der Waals surface area contributed by atoms with E-state index >= 15 is 0 Å². The number of benzene rings is 1. The summed E-state index contributed by atoms with van der Waals surface area (Å²) in [5, 5.41) is 13.0. The number of carbonyl (C=O) groups is 1. The third-order valence-electron chi connectivity index (χ3n) is 5.09. The Balaban J connectivity index is 2.03. The van der Waals surface area contributed by atoms with E-state index < -0.39 is 0 Å². The molecule has 0 aliphatic carbocycles. The summed E-state index contributed by atoms with van der Waals surface area (Å²) >= 11 is 0. The lowest BCUT2D eigenvalue weighted by molar-refractivity contribution is 0.0732. The minimum atomic E-state index is -0.368. The van der Waals surface area contributed by atoms with Gasteiger partial charge in [-0.1, -0.05) is 31.9 Å². The number of piperidine rings is 1. The molecule has 0 bridgehead atoms. The Hall–Kier alpha value is -1.75. The molecule has 0 saturated carbocycles. The van der Waals surface area contributed by atoms with Gasteiger partial charge in [-0.25, -0.2) is 4.79 Å². The van der Waals surface area contributed by atoms with Gasteiger partial charge in [0.25, 0.3) is 0 Å². The van der Waals surface area contributed by atoms with E-state index in [1.54, 1.807) is 7.11 Å². The molecule has 140 valence electrons. The van der Waals surface area contributed by atoms with E-state index in [-0.39, 0.29) is 24.1 Å². The molecule has 0 spiro atoms. The van der Waals surface area contributed by atoms with Gasteiger partial charge >= 0.3 is 6.03 Å². The zero-order chi connectivity index (χ0) is 18.2. The molecular formula is C20H32N2O3. The van der Waals surface area contributed by atoms with Crippen LogP contribution in [0.1, 0.15) is 57.6 Å². The van der Waals surface area contributed by atoms with E-state index in [0.717, 1.165) is 50.0 Å². The maximum absolute atomic E-state index is 12.7. The number of rotatable bonds is 7. The van der Waals surface area contributed by atoms with Crippen LogP contribution in [0.4, 0.5) is 4.79 Å². The Morgan fingerprint density at radius 2 is 2.12 bits per heavy atom. The van der Waals surface area contributed by atoms with Crippen molar-refractivity contribution in [1.82, 2.24) is 10.2 Å². The molecular weight excluding hydrogens is 316 g/mol. The van der Waals surface area contributed by atoms with Crippen LogP contribution in [0.2, 0.25) is 0 Å². The highest BCUT2D eigenvalue weighted by Crippen LogP contribution is 2.24. The zero-order valence-corrected chi connectivity index (χ0v) is 15.7. The van der Waals surface area contributed by atoms with Crippen LogP contribution >= 0.6 is 0 Å². The van der Waals surface area contributed by atoms with Crippen LogP contribution in [0.5, 0.6) is 5.75 Å². The molecule has 3 atom stereocenters. The molecule has 1 saturated heterocycles. The van der Waals surface area contributed by atoms with E-state index in [1.807, 2.05) is 36.1 Å². The Morgan fingerprint density at radius 3 is 2.72 bits per heavy atom. The number of nitrogens with one attached hydrogen (secondary N) is 1. The first kappa shape index (κ1) is 19.6. The Kier molecular flexibility index (Phi) is 7.56. The van der Waals surface area contributed by atoms with Gasteiger partial charge < -0.3 is 20.1 Å². The van der Waals surface area contributed by atoms with Crippen LogP contribution in [0, 0.1) is 5.92 Å². The van der Waals surface area contributed by atoms with E-state index in [0.29, 0.717) is 6.54 Å². The van der Waals surface area contributed by atoms with Crippen LogP contribution in [0.25, 0.3) is 0 Å². The van der Waals surface area contributed by atoms with E-state index in [9.17, 15) is 9.90 Å². The number of ether oxygens (including phenoxy) is 1. The molecule has 1 heterocycles. The van der Waals surface area contributed by atoms with Gasteiger partial charge in [-0.05, 0) is 43.9 Å². The molecule has 3 unspecified atom stereocenters. The number of carbonyl (C=O) groups excluding carboxylic acids is 1. The van der Waals surface area contributed by atoms with Crippen molar-refractivity contribution in [2.45, 2.75) is 58.1 Å². The lowest BCUT2D eigenvalue weighted by Gasteiger charge is -2.35. The lowest BCUT2D eigenvalue weighted by Crippen LogP contribution is -2.48. The van der Waals surface area contributed by atoms with Crippen molar-refractivity contribution in [3.05, 3.63) is 29.8 Å². The summed E-state index contributed by atoms with van der Waals surface area (Å²) in [4.78, 5) is 14.6. The molecule has 1 aromatic rings. The summed E-state index contributed by atoms with van der Waals surface area (Å²) in [5.74, 6) is 0.995. The molecule has 5 heteroatoms. The first-order chi connectivity index (χ1) is 12.0. The highest BCUT2D eigenvalue weighted by atomic mass is 16.5. The monoisotopic (exact) mass is 348 g/mol.